The first-order valence-corrected chi connectivity index (χ1v) is 10.4. The lowest BCUT2D eigenvalue weighted by molar-refractivity contribution is 0.0355. The van der Waals surface area contributed by atoms with E-state index in [9.17, 15) is 13.5 Å². The van der Waals surface area contributed by atoms with E-state index in [1.165, 1.54) is 4.31 Å². The van der Waals surface area contributed by atoms with Crippen molar-refractivity contribution >= 4 is 20.8 Å². The van der Waals surface area contributed by atoms with E-state index in [4.69, 9.17) is 0 Å². The third-order valence-corrected chi connectivity index (χ3v) is 6.59. The molecule has 1 N–H and O–H groups in total. The normalized spacial score (nSPS) is 14.4. The van der Waals surface area contributed by atoms with Crippen molar-refractivity contribution in [1.29, 1.82) is 0 Å². The van der Waals surface area contributed by atoms with Crippen molar-refractivity contribution in [2.75, 3.05) is 6.54 Å². The van der Waals surface area contributed by atoms with Crippen LogP contribution >= 0.6 is 0 Å². The van der Waals surface area contributed by atoms with Gasteiger partial charge in [0.1, 0.15) is 0 Å². The highest BCUT2D eigenvalue weighted by Gasteiger charge is 2.32. The molecule has 0 saturated heterocycles. The molecule has 0 saturated carbocycles. The van der Waals surface area contributed by atoms with E-state index in [-0.39, 0.29) is 18.0 Å². The van der Waals surface area contributed by atoms with Crippen LogP contribution in [0.5, 0.6) is 0 Å². The number of aromatic nitrogens is 1. The Bertz CT molecular complexity index is 1010. The van der Waals surface area contributed by atoms with Gasteiger partial charge < -0.3 is 5.11 Å². The summed E-state index contributed by atoms with van der Waals surface area (Å²) in [6.45, 7) is 3.72. The molecule has 0 aliphatic heterocycles. The van der Waals surface area contributed by atoms with Gasteiger partial charge >= 0.3 is 0 Å². The molecule has 0 fully saturated rings. The summed E-state index contributed by atoms with van der Waals surface area (Å²) in [7, 11) is -3.82. The van der Waals surface area contributed by atoms with Gasteiger partial charge in [-0.2, -0.15) is 4.31 Å². The van der Waals surface area contributed by atoms with Crippen LogP contribution in [0, 0.1) is 0 Å². The van der Waals surface area contributed by atoms with Crippen LogP contribution in [-0.4, -0.2) is 35.0 Å². The Labute approximate surface area is 160 Å². The summed E-state index contributed by atoms with van der Waals surface area (Å²) < 4.78 is 28.4. The maximum atomic E-state index is 13.5. The van der Waals surface area contributed by atoms with Gasteiger partial charge in [0, 0.05) is 36.3 Å². The summed E-state index contributed by atoms with van der Waals surface area (Å²) in [5, 5.41) is 12.0. The van der Waals surface area contributed by atoms with Crippen LogP contribution in [0.1, 0.15) is 25.8 Å². The number of aliphatic hydroxyl groups is 1. The van der Waals surface area contributed by atoms with Crippen molar-refractivity contribution in [3.8, 4) is 0 Å². The van der Waals surface area contributed by atoms with E-state index < -0.39 is 15.6 Å². The van der Waals surface area contributed by atoms with E-state index in [2.05, 4.69) is 4.98 Å². The van der Waals surface area contributed by atoms with Crippen LogP contribution in [0.25, 0.3) is 10.8 Å². The molecule has 2 aromatic carbocycles. The maximum absolute atomic E-state index is 13.5. The highest BCUT2D eigenvalue weighted by Crippen LogP contribution is 2.28. The molecule has 3 rings (SSSR count). The quantitative estimate of drug-likeness (QED) is 0.676. The van der Waals surface area contributed by atoms with Gasteiger partial charge in [0.2, 0.25) is 10.0 Å². The molecule has 0 bridgehead atoms. The molecule has 27 heavy (non-hydrogen) atoms. The highest BCUT2D eigenvalue weighted by molar-refractivity contribution is 7.89. The molecule has 0 amide bonds. The minimum Gasteiger partial charge on any atom is -0.389 e. The number of rotatable bonds is 7. The average molecular weight is 385 g/mol. The molecule has 3 aromatic rings. The van der Waals surface area contributed by atoms with Crippen molar-refractivity contribution in [2.45, 2.75) is 37.3 Å². The second-order valence-corrected chi connectivity index (χ2v) is 8.87. The molecule has 0 radical (unpaired) electrons. The molecule has 0 aliphatic carbocycles. The number of fused-ring (bicyclic) bond motifs is 1. The summed E-state index contributed by atoms with van der Waals surface area (Å²) in [4.78, 5) is 4.30. The van der Waals surface area contributed by atoms with Gasteiger partial charge in [0.25, 0.3) is 0 Å². The monoisotopic (exact) mass is 384 g/mol. The molecule has 5 nitrogen and oxygen atoms in total. The first-order valence-electron chi connectivity index (χ1n) is 8.93. The molecule has 6 heteroatoms. The fraction of sp³-hybridized carbons (Fsp3) is 0.286. The average Bonchev–Trinajstić information content (AvgIpc) is 2.67. The topological polar surface area (TPSA) is 70.5 Å². The van der Waals surface area contributed by atoms with E-state index in [0.717, 1.165) is 10.9 Å². The van der Waals surface area contributed by atoms with Crippen molar-refractivity contribution in [3.63, 3.8) is 0 Å². The Morgan fingerprint density at radius 1 is 1.07 bits per heavy atom. The lowest BCUT2D eigenvalue weighted by Gasteiger charge is -2.30. The predicted octanol–water partition coefficient (Wildman–Crippen LogP) is 3.59. The van der Waals surface area contributed by atoms with Crippen molar-refractivity contribution in [1.82, 2.24) is 9.29 Å². The van der Waals surface area contributed by atoms with Gasteiger partial charge in [-0.15, -0.1) is 0 Å². The zero-order chi connectivity index (χ0) is 19.5. The van der Waals surface area contributed by atoms with Gasteiger partial charge in [-0.05, 0) is 31.0 Å². The van der Waals surface area contributed by atoms with Crippen LogP contribution in [-0.2, 0) is 16.6 Å². The maximum Gasteiger partial charge on any atom is 0.244 e. The van der Waals surface area contributed by atoms with Gasteiger partial charge in [0.05, 0.1) is 10.5 Å². The first-order chi connectivity index (χ1) is 12.8. The molecule has 0 aliphatic rings. The Hall–Kier alpha value is -2.28. The Morgan fingerprint density at radius 2 is 1.81 bits per heavy atom. The van der Waals surface area contributed by atoms with Crippen LogP contribution in [0.4, 0.5) is 0 Å². The van der Waals surface area contributed by atoms with Crippen LogP contribution in [0.2, 0.25) is 0 Å². The molecular weight excluding hydrogens is 360 g/mol. The Morgan fingerprint density at radius 3 is 2.52 bits per heavy atom. The largest absolute Gasteiger partial charge is 0.389 e. The molecule has 1 aromatic heterocycles. The second-order valence-electron chi connectivity index (χ2n) is 6.96. The molecule has 1 atom stereocenters. The lowest BCUT2D eigenvalue weighted by atomic mass is 10.0. The minimum absolute atomic E-state index is 0.0161. The fourth-order valence-electron chi connectivity index (χ4n) is 2.96. The fourth-order valence-corrected chi connectivity index (χ4v) is 4.72. The number of hydrogen-bond donors (Lipinski definition) is 1. The van der Waals surface area contributed by atoms with Crippen molar-refractivity contribution in [2.24, 2.45) is 0 Å². The molecule has 0 spiro atoms. The Kier molecular flexibility index (Phi) is 5.60. The standard InChI is InChI=1S/C21H24N2O3S/c1-3-21(2,24)16-23(15-17-8-5-4-6-9-17)27(25,26)20-11-7-10-18-14-22-13-12-19(18)20/h4-14,24H,3,15-16H2,1-2H3/t21-/m1/s1. The number of nitrogens with zero attached hydrogens (tertiary/aromatic N) is 2. The van der Waals surface area contributed by atoms with Crippen molar-refractivity contribution < 1.29 is 13.5 Å². The molecular formula is C21H24N2O3S. The minimum atomic E-state index is -3.82. The number of pyridine rings is 1. The molecule has 0 unspecified atom stereocenters. The van der Waals surface area contributed by atoms with Crippen LogP contribution < -0.4 is 0 Å². The lowest BCUT2D eigenvalue weighted by Crippen LogP contribution is -2.43. The van der Waals surface area contributed by atoms with Gasteiger partial charge in [0.15, 0.2) is 0 Å². The smallest absolute Gasteiger partial charge is 0.244 e. The van der Waals surface area contributed by atoms with E-state index in [1.54, 1.807) is 37.5 Å². The number of sulfonamides is 1. The van der Waals surface area contributed by atoms with E-state index in [0.29, 0.717) is 11.8 Å². The van der Waals surface area contributed by atoms with Gasteiger partial charge in [-0.3, -0.25) is 4.98 Å². The van der Waals surface area contributed by atoms with E-state index in [1.807, 2.05) is 43.3 Å². The van der Waals surface area contributed by atoms with Crippen LogP contribution in [0.3, 0.4) is 0 Å². The highest BCUT2D eigenvalue weighted by atomic mass is 32.2. The van der Waals surface area contributed by atoms with E-state index >= 15 is 0 Å². The third-order valence-electron chi connectivity index (χ3n) is 4.74. The predicted molar refractivity (Wildman–Crippen MR) is 107 cm³/mol. The second kappa shape index (κ2) is 7.76. The summed E-state index contributed by atoms with van der Waals surface area (Å²) in [6.07, 6.45) is 3.69. The molecule has 142 valence electrons. The van der Waals surface area contributed by atoms with Gasteiger partial charge in [-0.1, -0.05) is 49.4 Å². The van der Waals surface area contributed by atoms with Gasteiger partial charge in [-0.25, -0.2) is 8.42 Å². The first kappa shape index (κ1) is 19.5. The van der Waals surface area contributed by atoms with Crippen molar-refractivity contribution in [3.05, 3.63) is 72.6 Å². The van der Waals surface area contributed by atoms with Crippen LogP contribution in [0.15, 0.2) is 71.9 Å². The third kappa shape index (κ3) is 4.35. The number of benzene rings is 2. The summed E-state index contributed by atoms with van der Waals surface area (Å²) in [5.74, 6) is 0. The zero-order valence-corrected chi connectivity index (χ0v) is 16.4. The SMILES string of the molecule is CC[C@@](C)(O)CN(Cc1ccccc1)S(=O)(=O)c1cccc2cnccc12. The Balaban J connectivity index is 2.08. The number of hydrogen-bond acceptors (Lipinski definition) is 4. The summed E-state index contributed by atoms with van der Waals surface area (Å²) in [6, 6.07) is 16.3. The summed E-state index contributed by atoms with van der Waals surface area (Å²) >= 11 is 0. The molecule has 1 heterocycles. The summed E-state index contributed by atoms with van der Waals surface area (Å²) in [5.41, 5.74) is -0.247. The zero-order valence-electron chi connectivity index (χ0n) is 15.5.